The zero-order valence-electron chi connectivity index (χ0n) is 9.96. The van der Waals surface area contributed by atoms with Crippen LogP contribution in [0.15, 0.2) is 66.7 Å². The normalized spacial score (nSPS) is 9.95. The van der Waals surface area contributed by atoms with Crippen molar-refractivity contribution in [3.63, 3.8) is 0 Å². The maximum atomic E-state index is 6.34. The van der Waals surface area contributed by atoms with Crippen LogP contribution in [0.4, 0.5) is 0 Å². The molecule has 96 valence electrons. The Labute approximate surface area is 129 Å². The second-order valence-electron chi connectivity index (χ2n) is 3.92. The molecule has 0 unspecified atom stereocenters. The van der Waals surface area contributed by atoms with E-state index in [0.717, 1.165) is 10.8 Å². The predicted molar refractivity (Wildman–Crippen MR) is 75.4 cm³/mol. The maximum absolute atomic E-state index is 6.34. The molecule has 1 heterocycles. The van der Waals surface area contributed by atoms with Gasteiger partial charge in [-0.1, -0.05) is 0 Å². The van der Waals surface area contributed by atoms with Gasteiger partial charge in [0.05, 0.1) is 0 Å². The Balaban J connectivity index is 0.00000133. The zero-order chi connectivity index (χ0) is 12.4. The molecule has 0 aliphatic carbocycles. The summed E-state index contributed by atoms with van der Waals surface area (Å²) < 4.78 is 3.49. The van der Waals surface area contributed by atoms with Crippen molar-refractivity contribution in [1.29, 1.82) is 0 Å². The van der Waals surface area contributed by atoms with E-state index in [4.69, 9.17) is 11.6 Å². The molecule has 0 saturated heterocycles. The number of benzene rings is 2. The standard InChI is InChI=1S/C15H11ClNSe.ClH/c16-15-11-14(12-7-3-1-4-8-12)18-17(15)13-9-5-2-6-10-13;/h1-11H;1H/q+1;/p-1. The molecule has 2 aromatic carbocycles. The fourth-order valence-electron chi connectivity index (χ4n) is 1.81. The third-order valence-electron chi connectivity index (χ3n) is 2.68. The van der Waals surface area contributed by atoms with Gasteiger partial charge in [0, 0.05) is 0 Å². The van der Waals surface area contributed by atoms with Gasteiger partial charge < -0.3 is 12.4 Å². The number of rotatable bonds is 2. The number of aromatic nitrogens is 1. The fraction of sp³-hybridized carbons (Fsp3) is 0. The largest absolute Gasteiger partial charge is 1.00 e. The molecule has 3 aromatic rings. The van der Waals surface area contributed by atoms with Crippen LogP contribution in [-0.4, -0.2) is 14.7 Å². The molecule has 0 fully saturated rings. The minimum absolute atomic E-state index is 0. The van der Waals surface area contributed by atoms with Gasteiger partial charge in [-0.3, -0.25) is 0 Å². The van der Waals surface area contributed by atoms with Gasteiger partial charge in [-0.25, -0.2) is 0 Å². The van der Waals surface area contributed by atoms with Crippen molar-refractivity contribution in [1.82, 2.24) is 0 Å². The van der Waals surface area contributed by atoms with E-state index in [2.05, 4.69) is 46.0 Å². The summed E-state index contributed by atoms with van der Waals surface area (Å²) in [5.74, 6) is 0. The van der Waals surface area contributed by atoms with E-state index in [9.17, 15) is 0 Å². The summed E-state index contributed by atoms with van der Waals surface area (Å²) in [7, 11) is 0. The van der Waals surface area contributed by atoms with Crippen LogP contribution in [0.5, 0.6) is 0 Å². The van der Waals surface area contributed by atoms with Crippen LogP contribution < -0.4 is 16.0 Å². The number of hydrogen-bond donors (Lipinski definition) is 0. The van der Waals surface area contributed by atoms with E-state index in [0.29, 0.717) is 0 Å². The van der Waals surface area contributed by atoms with Gasteiger partial charge in [-0.2, -0.15) is 0 Å². The molecule has 0 saturated carbocycles. The monoisotopic (exact) mass is 355 g/mol. The summed E-state index contributed by atoms with van der Waals surface area (Å²) in [5.41, 5.74) is 2.42. The first-order valence-electron chi connectivity index (χ1n) is 5.67. The average Bonchev–Trinajstić information content (AvgIpc) is 2.83. The molecule has 0 radical (unpaired) electrons. The molecule has 0 amide bonds. The van der Waals surface area contributed by atoms with Gasteiger partial charge in [0.15, 0.2) is 0 Å². The topological polar surface area (TPSA) is 3.88 Å². The Hall–Kier alpha value is -1.05. The third kappa shape index (κ3) is 3.10. The van der Waals surface area contributed by atoms with E-state index in [-0.39, 0.29) is 27.1 Å². The molecule has 19 heavy (non-hydrogen) atoms. The third-order valence-corrected chi connectivity index (χ3v) is 5.58. The molecule has 0 aliphatic rings. The molecule has 0 aliphatic heterocycles. The number of hydrogen-bond acceptors (Lipinski definition) is 0. The van der Waals surface area contributed by atoms with Crippen LogP contribution in [0.25, 0.3) is 15.7 Å². The van der Waals surface area contributed by atoms with E-state index in [1.54, 1.807) is 0 Å². The van der Waals surface area contributed by atoms with E-state index in [1.165, 1.54) is 10.0 Å². The molecule has 0 spiro atoms. The molecule has 0 N–H and O–H groups in total. The van der Waals surface area contributed by atoms with Gasteiger partial charge >= 0.3 is 117 Å². The Kier molecular flexibility index (Phi) is 4.84. The van der Waals surface area contributed by atoms with Crippen LogP contribution in [0.1, 0.15) is 0 Å². The van der Waals surface area contributed by atoms with Crippen LogP contribution in [0, 0.1) is 0 Å². The van der Waals surface area contributed by atoms with Crippen molar-refractivity contribution >= 4 is 26.3 Å². The van der Waals surface area contributed by atoms with Crippen molar-refractivity contribution in [2.45, 2.75) is 0 Å². The molecule has 0 bridgehead atoms. The Bertz CT molecular complexity index is 650. The first-order chi connectivity index (χ1) is 8.84. The van der Waals surface area contributed by atoms with Crippen molar-refractivity contribution in [3.05, 3.63) is 71.9 Å². The quantitative estimate of drug-likeness (QED) is 0.584. The Morgan fingerprint density at radius 3 is 2.05 bits per heavy atom. The molecular formula is C15H11Cl2NSe. The number of para-hydroxylation sites is 1. The minimum Gasteiger partial charge on any atom is -1.00 e. The van der Waals surface area contributed by atoms with Crippen LogP contribution in [-0.2, 0) is 0 Å². The predicted octanol–water partition coefficient (Wildman–Crippen LogP) is 0.345. The second kappa shape index (κ2) is 6.40. The molecule has 3 rings (SSSR count). The summed E-state index contributed by atoms with van der Waals surface area (Å²) in [5, 5.41) is 0.806. The van der Waals surface area contributed by atoms with E-state index < -0.39 is 0 Å². The van der Waals surface area contributed by atoms with E-state index >= 15 is 0 Å². The van der Waals surface area contributed by atoms with Crippen molar-refractivity contribution in [3.8, 4) is 15.7 Å². The van der Waals surface area contributed by atoms with Crippen LogP contribution >= 0.6 is 11.6 Å². The van der Waals surface area contributed by atoms with Crippen LogP contribution in [0.2, 0.25) is 5.15 Å². The summed E-state index contributed by atoms with van der Waals surface area (Å²) >= 11 is 6.55. The molecule has 1 nitrogen and oxygen atoms in total. The van der Waals surface area contributed by atoms with Crippen molar-refractivity contribution in [2.75, 3.05) is 0 Å². The zero-order valence-corrected chi connectivity index (χ0v) is 13.2. The molecule has 1 aromatic heterocycles. The first kappa shape index (κ1) is 14.4. The molecular weight excluding hydrogens is 344 g/mol. The van der Waals surface area contributed by atoms with Gasteiger partial charge in [0.2, 0.25) is 0 Å². The van der Waals surface area contributed by atoms with Crippen LogP contribution in [0.3, 0.4) is 0 Å². The SMILES string of the molecule is Clc1cc(-c2ccccc2)[se][n+]1-c1ccccc1.[Cl-]. The van der Waals surface area contributed by atoms with Gasteiger partial charge in [-0.15, -0.1) is 0 Å². The summed E-state index contributed by atoms with van der Waals surface area (Å²) in [6.45, 7) is 0. The molecule has 0 atom stereocenters. The average molecular weight is 355 g/mol. The minimum atomic E-state index is 0. The Morgan fingerprint density at radius 1 is 0.842 bits per heavy atom. The number of halogens is 2. The van der Waals surface area contributed by atoms with Gasteiger partial charge in [0.25, 0.3) is 0 Å². The van der Waals surface area contributed by atoms with E-state index in [1.807, 2.05) is 24.3 Å². The smallest absolute Gasteiger partial charge is 1.00 e. The Morgan fingerprint density at radius 2 is 1.42 bits per heavy atom. The van der Waals surface area contributed by atoms with Gasteiger partial charge in [0.1, 0.15) is 0 Å². The summed E-state index contributed by atoms with van der Waals surface area (Å²) in [4.78, 5) is 0. The fourth-order valence-corrected chi connectivity index (χ4v) is 4.38. The van der Waals surface area contributed by atoms with Crippen molar-refractivity contribution in [2.24, 2.45) is 0 Å². The first-order valence-corrected chi connectivity index (χ1v) is 7.67. The second-order valence-corrected chi connectivity index (χ2v) is 6.38. The summed E-state index contributed by atoms with van der Waals surface area (Å²) in [6.07, 6.45) is 0. The van der Waals surface area contributed by atoms with Crippen molar-refractivity contribution < 1.29 is 16.0 Å². The summed E-state index contributed by atoms with van der Waals surface area (Å²) in [6, 6.07) is 22.8. The molecule has 4 heteroatoms. The van der Waals surface area contributed by atoms with Gasteiger partial charge in [-0.05, 0) is 0 Å². The maximum Gasteiger partial charge on any atom is -1.00 e. The number of nitrogens with zero attached hydrogens (tertiary/aromatic N) is 1.